The zero-order valence-electron chi connectivity index (χ0n) is 9.64. The van der Waals surface area contributed by atoms with Crippen molar-refractivity contribution >= 4 is 5.97 Å². The van der Waals surface area contributed by atoms with Gasteiger partial charge in [0.25, 0.3) is 0 Å². The molecule has 0 atom stereocenters. The Morgan fingerprint density at radius 3 is 2.29 bits per heavy atom. The van der Waals surface area contributed by atoms with E-state index in [4.69, 9.17) is 4.74 Å². The first kappa shape index (κ1) is 13.2. The fourth-order valence-corrected chi connectivity index (χ4v) is 1.31. The van der Waals surface area contributed by atoms with Crippen molar-refractivity contribution in [1.29, 1.82) is 0 Å². The van der Waals surface area contributed by atoms with Gasteiger partial charge in [0.15, 0.2) is 0 Å². The van der Waals surface area contributed by atoms with E-state index in [2.05, 4.69) is 20.4 Å². The lowest BCUT2D eigenvalue weighted by Gasteiger charge is -2.13. The van der Waals surface area contributed by atoms with Crippen LogP contribution < -0.4 is 0 Å². The standard InChI is InChI=1S/C12H22O2/c1-5-8-14-12(13)10(4)9-11(6-2)7-3/h11H,4-9H2,1-3H3. The molecule has 0 spiro atoms. The lowest BCUT2D eigenvalue weighted by molar-refractivity contribution is -0.139. The normalized spacial score (nSPS) is 10.3. The molecule has 0 radical (unpaired) electrons. The molecule has 0 aromatic carbocycles. The predicted molar refractivity (Wildman–Crippen MR) is 59.1 cm³/mol. The van der Waals surface area contributed by atoms with E-state index in [-0.39, 0.29) is 5.97 Å². The molecule has 0 amide bonds. The Balaban J connectivity index is 3.87. The Morgan fingerprint density at radius 2 is 1.86 bits per heavy atom. The summed E-state index contributed by atoms with van der Waals surface area (Å²) in [5.74, 6) is 0.343. The molecule has 0 saturated carbocycles. The number of hydrogen-bond donors (Lipinski definition) is 0. The Labute approximate surface area is 87.3 Å². The van der Waals surface area contributed by atoms with E-state index in [1.54, 1.807) is 0 Å². The third-order valence-electron chi connectivity index (χ3n) is 2.42. The first-order valence-corrected chi connectivity index (χ1v) is 5.50. The molecular weight excluding hydrogens is 176 g/mol. The second-order valence-corrected chi connectivity index (χ2v) is 3.63. The number of hydrogen-bond acceptors (Lipinski definition) is 2. The summed E-state index contributed by atoms with van der Waals surface area (Å²) in [5.41, 5.74) is 0.618. The number of carbonyl (C=O) groups excluding carboxylic acids is 1. The first-order chi connectivity index (χ1) is 6.65. The number of carbonyl (C=O) groups is 1. The van der Waals surface area contributed by atoms with Crippen LogP contribution >= 0.6 is 0 Å². The molecule has 0 fully saturated rings. The number of esters is 1. The van der Waals surface area contributed by atoms with Crippen LogP contribution in [-0.4, -0.2) is 12.6 Å². The van der Waals surface area contributed by atoms with E-state index in [1.807, 2.05) is 6.92 Å². The van der Waals surface area contributed by atoms with Gasteiger partial charge in [0.2, 0.25) is 0 Å². The molecule has 0 unspecified atom stereocenters. The van der Waals surface area contributed by atoms with Gasteiger partial charge in [-0.3, -0.25) is 0 Å². The monoisotopic (exact) mass is 198 g/mol. The highest BCUT2D eigenvalue weighted by molar-refractivity contribution is 5.87. The van der Waals surface area contributed by atoms with Crippen molar-refractivity contribution in [2.45, 2.75) is 46.5 Å². The molecule has 0 bridgehead atoms. The third-order valence-corrected chi connectivity index (χ3v) is 2.42. The first-order valence-electron chi connectivity index (χ1n) is 5.50. The molecule has 0 aliphatic carbocycles. The summed E-state index contributed by atoms with van der Waals surface area (Å²) in [7, 11) is 0. The molecule has 0 aliphatic rings. The van der Waals surface area contributed by atoms with Crippen LogP contribution in [0, 0.1) is 5.92 Å². The summed E-state index contributed by atoms with van der Waals surface area (Å²) >= 11 is 0. The predicted octanol–water partition coefficient (Wildman–Crippen LogP) is 3.32. The summed E-state index contributed by atoms with van der Waals surface area (Å²) in [6.07, 6.45) is 3.83. The van der Waals surface area contributed by atoms with Gasteiger partial charge in [-0.25, -0.2) is 4.79 Å². The van der Waals surface area contributed by atoms with E-state index in [0.717, 1.165) is 25.7 Å². The highest BCUT2D eigenvalue weighted by atomic mass is 16.5. The Kier molecular flexibility index (Phi) is 7.17. The van der Waals surface area contributed by atoms with Gasteiger partial charge in [0, 0.05) is 5.57 Å². The largest absolute Gasteiger partial charge is 0.462 e. The maximum absolute atomic E-state index is 11.3. The van der Waals surface area contributed by atoms with Gasteiger partial charge in [-0.2, -0.15) is 0 Å². The molecule has 0 heterocycles. The summed E-state index contributed by atoms with van der Waals surface area (Å²) in [6, 6.07) is 0. The van der Waals surface area contributed by atoms with Crippen molar-refractivity contribution in [1.82, 2.24) is 0 Å². The minimum absolute atomic E-state index is 0.223. The van der Waals surface area contributed by atoms with Gasteiger partial charge in [-0.05, 0) is 18.8 Å². The molecule has 82 valence electrons. The second kappa shape index (κ2) is 7.60. The topological polar surface area (TPSA) is 26.3 Å². The Bertz CT molecular complexity index is 181. The SMILES string of the molecule is C=C(CC(CC)CC)C(=O)OCCC. The summed E-state index contributed by atoms with van der Waals surface area (Å²) in [5, 5.41) is 0. The maximum atomic E-state index is 11.3. The Morgan fingerprint density at radius 1 is 1.29 bits per heavy atom. The minimum atomic E-state index is -0.223. The second-order valence-electron chi connectivity index (χ2n) is 3.63. The lowest BCUT2D eigenvalue weighted by atomic mass is 9.95. The zero-order chi connectivity index (χ0) is 11.0. The van der Waals surface area contributed by atoms with E-state index in [1.165, 1.54) is 0 Å². The van der Waals surface area contributed by atoms with Crippen LogP contribution in [0.4, 0.5) is 0 Å². The quantitative estimate of drug-likeness (QED) is 0.463. The molecule has 0 aliphatic heterocycles. The summed E-state index contributed by atoms with van der Waals surface area (Å²) < 4.78 is 5.00. The van der Waals surface area contributed by atoms with Gasteiger partial charge < -0.3 is 4.74 Å². The number of ether oxygens (including phenoxy) is 1. The zero-order valence-corrected chi connectivity index (χ0v) is 9.64. The van der Waals surface area contributed by atoms with Crippen LogP contribution in [0.15, 0.2) is 12.2 Å². The van der Waals surface area contributed by atoms with Crippen LogP contribution in [0.5, 0.6) is 0 Å². The minimum Gasteiger partial charge on any atom is -0.462 e. The van der Waals surface area contributed by atoms with E-state index >= 15 is 0 Å². The maximum Gasteiger partial charge on any atom is 0.333 e. The van der Waals surface area contributed by atoms with Gasteiger partial charge in [-0.15, -0.1) is 0 Å². The van der Waals surface area contributed by atoms with Crippen LogP contribution in [-0.2, 0) is 9.53 Å². The van der Waals surface area contributed by atoms with Crippen molar-refractivity contribution < 1.29 is 9.53 Å². The molecule has 2 heteroatoms. The summed E-state index contributed by atoms with van der Waals surface area (Å²) in [6.45, 7) is 10.5. The Hall–Kier alpha value is -0.790. The smallest absolute Gasteiger partial charge is 0.333 e. The van der Waals surface area contributed by atoms with Gasteiger partial charge in [0.05, 0.1) is 6.61 Å². The van der Waals surface area contributed by atoms with Crippen molar-refractivity contribution in [3.8, 4) is 0 Å². The molecule has 14 heavy (non-hydrogen) atoms. The number of rotatable bonds is 7. The molecular formula is C12H22O2. The van der Waals surface area contributed by atoms with E-state index in [9.17, 15) is 4.79 Å². The molecule has 0 rings (SSSR count). The van der Waals surface area contributed by atoms with E-state index < -0.39 is 0 Å². The van der Waals surface area contributed by atoms with E-state index in [0.29, 0.717) is 18.1 Å². The van der Waals surface area contributed by atoms with Crippen molar-refractivity contribution in [2.75, 3.05) is 6.61 Å². The summed E-state index contributed by atoms with van der Waals surface area (Å²) in [4.78, 5) is 11.3. The third kappa shape index (κ3) is 5.05. The van der Waals surface area contributed by atoms with Crippen molar-refractivity contribution in [3.05, 3.63) is 12.2 Å². The molecule has 0 aromatic heterocycles. The fraction of sp³-hybridized carbons (Fsp3) is 0.750. The van der Waals surface area contributed by atoms with Crippen LogP contribution in [0.3, 0.4) is 0 Å². The van der Waals surface area contributed by atoms with Gasteiger partial charge in [0.1, 0.15) is 0 Å². The van der Waals surface area contributed by atoms with Crippen LogP contribution in [0.25, 0.3) is 0 Å². The average Bonchev–Trinajstić information content (AvgIpc) is 2.21. The highest BCUT2D eigenvalue weighted by Crippen LogP contribution is 2.18. The molecule has 0 saturated heterocycles. The van der Waals surface area contributed by atoms with Gasteiger partial charge >= 0.3 is 5.97 Å². The van der Waals surface area contributed by atoms with Crippen LogP contribution in [0.2, 0.25) is 0 Å². The average molecular weight is 198 g/mol. The fourth-order valence-electron chi connectivity index (χ4n) is 1.31. The van der Waals surface area contributed by atoms with Crippen LogP contribution in [0.1, 0.15) is 46.5 Å². The lowest BCUT2D eigenvalue weighted by Crippen LogP contribution is -2.11. The highest BCUT2D eigenvalue weighted by Gasteiger charge is 2.12. The molecule has 0 N–H and O–H groups in total. The van der Waals surface area contributed by atoms with Crippen molar-refractivity contribution in [2.24, 2.45) is 5.92 Å². The molecule has 2 nitrogen and oxygen atoms in total. The molecule has 0 aromatic rings. The van der Waals surface area contributed by atoms with Gasteiger partial charge in [-0.1, -0.05) is 40.2 Å². The van der Waals surface area contributed by atoms with Crippen molar-refractivity contribution in [3.63, 3.8) is 0 Å².